The third-order valence-corrected chi connectivity index (χ3v) is 3.13. The Balaban J connectivity index is 2.32. The number of benzene rings is 1. The maximum Gasteiger partial charge on any atom is 0.0415 e. The fraction of sp³-hybridized carbons (Fsp3) is 0.500. The summed E-state index contributed by atoms with van der Waals surface area (Å²) in [6.07, 6.45) is 2.61. The van der Waals surface area contributed by atoms with Crippen LogP contribution in [0.4, 0.5) is 5.69 Å². The Morgan fingerprint density at radius 2 is 2.20 bits per heavy atom. The average Bonchev–Trinajstić information content (AvgIpc) is 3.05. The number of rotatable bonds is 4. The first kappa shape index (κ1) is 10.8. The Morgan fingerprint density at radius 3 is 2.73 bits per heavy atom. The molecule has 0 radical (unpaired) electrons. The maximum absolute atomic E-state index is 5.96. The van der Waals surface area contributed by atoms with E-state index in [1.165, 1.54) is 18.5 Å². The molecule has 0 amide bonds. The number of halogens is 1. The van der Waals surface area contributed by atoms with Crippen LogP contribution in [0, 0.1) is 0 Å². The van der Waals surface area contributed by atoms with Crippen LogP contribution in [0.3, 0.4) is 0 Å². The van der Waals surface area contributed by atoms with Crippen LogP contribution in [0.15, 0.2) is 18.2 Å². The zero-order chi connectivity index (χ0) is 10.8. The van der Waals surface area contributed by atoms with Crippen LogP contribution in [-0.2, 0) is 6.54 Å². The molecule has 0 atom stereocenters. The van der Waals surface area contributed by atoms with E-state index in [0.717, 1.165) is 23.2 Å². The Hall–Kier alpha value is -0.730. The van der Waals surface area contributed by atoms with Gasteiger partial charge in [-0.3, -0.25) is 0 Å². The minimum absolute atomic E-state index is 0.555. The van der Waals surface area contributed by atoms with Crippen molar-refractivity contribution in [2.75, 3.05) is 11.4 Å². The Labute approximate surface area is 96.0 Å². The minimum atomic E-state index is 0.555. The molecule has 1 aromatic rings. The van der Waals surface area contributed by atoms with Crippen molar-refractivity contribution < 1.29 is 0 Å². The van der Waals surface area contributed by atoms with Gasteiger partial charge in [0.15, 0.2) is 0 Å². The summed E-state index contributed by atoms with van der Waals surface area (Å²) in [5.41, 5.74) is 8.15. The normalized spacial score (nSPS) is 15.4. The van der Waals surface area contributed by atoms with Gasteiger partial charge in [0.25, 0.3) is 0 Å². The molecule has 1 aliphatic rings. The van der Waals surface area contributed by atoms with Crippen molar-refractivity contribution in [1.29, 1.82) is 0 Å². The third kappa shape index (κ3) is 2.27. The molecule has 0 heterocycles. The second-order valence-corrected chi connectivity index (χ2v) is 4.43. The lowest BCUT2D eigenvalue weighted by molar-refractivity contribution is 0.816. The first-order valence-corrected chi connectivity index (χ1v) is 5.89. The molecule has 0 unspecified atom stereocenters. The number of hydrogen-bond acceptors (Lipinski definition) is 2. The van der Waals surface area contributed by atoms with E-state index >= 15 is 0 Å². The van der Waals surface area contributed by atoms with E-state index in [-0.39, 0.29) is 0 Å². The number of nitrogens with zero attached hydrogens (tertiary/aromatic N) is 1. The summed E-state index contributed by atoms with van der Waals surface area (Å²) in [5, 5.41) is 0.769. The molecule has 2 rings (SSSR count). The van der Waals surface area contributed by atoms with E-state index in [2.05, 4.69) is 17.9 Å². The highest BCUT2D eigenvalue weighted by atomic mass is 35.5. The Bertz CT molecular complexity index is 347. The van der Waals surface area contributed by atoms with Crippen LogP contribution in [-0.4, -0.2) is 12.6 Å². The van der Waals surface area contributed by atoms with Gasteiger partial charge in [0, 0.05) is 29.8 Å². The highest BCUT2D eigenvalue weighted by molar-refractivity contribution is 6.30. The quantitative estimate of drug-likeness (QED) is 0.852. The standard InChI is InChI=1S/C12H17ClN2/c1-2-15(11-4-5-11)12-6-3-10(13)7-9(12)8-14/h3,6-7,11H,2,4-5,8,14H2,1H3. The van der Waals surface area contributed by atoms with Crippen LogP contribution in [0.2, 0.25) is 5.02 Å². The molecule has 82 valence electrons. The summed E-state index contributed by atoms with van der Waals surface area (Å²) in [6, 6.07) is 6.73. The molecule has 1 fully saturated rings. The van der Waals surface area contributed by atoms with E-state index in [4.69, 9.17) is 17.3 Å². The summed E-state index contributed by atoms with van der Waals surface area (Å²) in [7, 11) is 0. The van der Waals surface area contributed by atoms with Crippen LogP contribution in [0.25, 0.3) is 0 Å². The molecule has 0 bridgehead atoms. The van der Waals surface area contributed by atoms with E-state index in [1.807, 2.05) is 12.1 Å². The van der Waals surface area contributed by atoms with Crippen molar-refractivity contribution in [1.82, 2.24) is 0 Å². The molecule has 1 aliphatic carbocycles. The fourth-order valence-corrected chi connectivity index (χ4v) is 2.20. The lowest BCUT2D eigenvalue weighted by atomic mass is 10.1. The van der Waals surface area contributed by atoms with E-state index < -0.39 is 0 Å². The van der Waals surface area contributed by atoms with Crippen LogP contribution in [0.1, 0.15) is 25.3 Å². The van der Waals surface area contributed by atoms with Crippen molar-refractivity contribution >= 4 is 17.3 Å². The highest BCUT2D eigenvalue weighted by Crippen LogP contribution is 2.34. The number of anilines is 1. The lowest BCUT2D eigenvalue weighted by Gasteiger charge is -2.25. The van der Waals surface area contributed by atoms with E-state index in [9.17, 15) is 0 Å². The molecule has 3 heteroatoms. The maximum atomic E-state index is 5.96. The zero-order valence-electron chi connectivity index (χ0n) is 9.04. The molecule has 0 spiro atoms. The SMILES string of the molecule is CCN(c1ccc(Cl)cc1CN)C1CC1. The summed E-state index contributed by atoms with van der Waals surface area (Å²) < 4.78 is 0. The first-order valence-electron chi connectivity index (χ1n) is 5.51. The molecular weight excluding hydrogens is 208 g/mol. The van der Waals surface area contributed by atoms with Gasteiger partial charge in [-0.05, 0) is 43.5 Å². The van der Waals surface area contributed by atoms with Crippen molar-refractivity contribution in [2.45, 2.75) is 32.4 Å². The average molecular weight is 225 g/mol. The second-order valence-electron chi connectivity index (χ2n) is 3.99. The Kier molecular flexibility index (Phi) is 3.17. The summed E-state index contributed by atoms with van der Waals surface area (Å²) in [4.78, 5) is 2.43. The largest absolute Gasteiger partial charge is 0.369 e. The van der Waals surface area contributed by atoms with Gasteiger partial charge in [-0.2, -0.15) is 0 Å². The van der Waals surface area contributed by atoms with Crippen LogP contribution < -0.4 is 10.6 Å². The molecule has 0 aromatic heterocycles. The zero-order valence-corrected chi connectivity index (χ0v) is 9.80. The molecule has 2 nitrogen and oxygen atoms in total. The minimum Gasteiger partial charge on any atom is -0.369 e. The highest BCUT2D eigenvalue weighted by Gasteiger charge is 2.29. The van der Waals surface area contributed by atoms with Gasteiger partial charge in [0.2, 0.25) is 0 Å². The van der Waals surface area contributed by atoms with E-state index in [0.29, 0.717) is 6.54 Å². The molecule has 2 N–H and O–H groups in total. The predicted molar refractivity (Wildman–Crippen MR) is 65.4 cm³/mol. The lowest BCUT2D eigenvalue weighted by Crippen LogP contribution is -2.26. The van der Waals surface area contributed by atoms with Crippen LogP contribution in [0.5, 0.6) is 0 Å². The number of hydrogen-bond donors (Lipinski definition) is 1. The Morgan fingerprint density at radius 1 is 1.47 bits per heavy atom. The molecule has 1 saturated carbocycles. The molecular formula is C12H17ClN2. The van der Waals surface area contributed by atoms with Crippen molar-refractivity contribution in [3.05, 3.63) is 28.8 Å². The van der Waals surface area contributed by atoms with Gasteiger partial charge < -0.3 is 10.6 Å². The second kappa shape index (κ2) is 4.42. The fourth-order valence-electron chi connectivity index (χ4n) is 2.01. The van der Waals surface area contributed by atoms with Gasteiger partial charge >= 0.3 is 0 Å². The third-order valence-electron chi connectivity index (χ3n) is 2.90. The summed E-state index contributed by atoms with van der Waals surface area (Å²) in [6.45, 7) is 3.78. The smallest absolute Gasteiger partial charge is 0.0415 e. The van der Waals surface area contributed by atoms with Crippen LogP contribution >= 0.6 is 11.6 Å². The number of nitrogens with two attached hydrogens (primary N) is 1. The van der Waals surface area contributed by atoms with E-state index in [1.54, 1.807) is 0 Å². The summed E-state index contributed by atoms with van der Waals surface area (Å²) in [5.74, 6) is 0. The molecule has 0 saturated heterocycles. The predicted octanol–water partition coefficient (Wildman–Crippen LogP) is 2.79. The topological polar surface area (TPSA) is 29.3 Å². The molecule has 0 aliphatic heterocycles. The van der Waals surface area contributed by atoms with Gasteiger partial charge in [-0.1, -0.05) is 11.6 Å². The molecule has 15 heavy (non-hydrogen) atoms. The van der Waals surface area contributed by atoms with Gasteiger partial charge in [0.1, 0.15) is 0 Å². The van der Waals surface area contributed by atoms with Crippen molar-refractivity contribution in [3.63, 3.8) is 0 Å². The first-order chi connectivity index (χ1) is 7.26. The molecule has 1 aromatic carbocycles. The van der Waals surface area contributed by atoms with Gasteiger partial charge in [0.05, 0.1) is 0 Å². The van der Waals surface area contributed by atoms with Gasteiger partial charge in [-0.15, -0.1) is 0 Å². The summed E-state index contributed by atoms with van der Waals surface area (Å²) >= 11 is 5.96. The van der Waals surface area contributed by atoms with Crippen molar-refractivity contribution in [2.24, 2.45) is 5.73 Å². The monoisotopic (exact) mass is 224 g/mol. The van der Waals surface area contributed by atoms with Crippen molar-refractivity contribution in [3.8, 4) is 0 Å². The van der Waals surface area contributed by atoms with Gasteiger partial charge in [-0.25, -0.2) is 0 Å².